The average Bonchev–Trinajstić information content (AvgIpc) is 2.82. The third kappa shape index (κ3) is 3.57. The van der Waals surface area contributed by atoms with E-state index < -0.39 is 59.0 Å². The largest absolute Gasteiger partial charge is 0.507 e. The van der Waals surface area contributed by atoms with Gasteiger partial charge in [-0.05, 0) is 6.92 Å². The van der Waals surface area contributed by atoms with Crippen LogP contribution in [-0.2, 0) is 20.7 Å². The first-order valence-corrected chi connectivity index (χ1v) is 11.3. The molecule has 5 rings (SSSR count). The summed E-state index contributed by atoms with van der Waals surface area (Å²) in [4.78, 5) is 39.0. The number of fused-ring (bicyclic) bond motifs is 3. The van der Waals surface area contributed by atoms with Crippen molar-refractivity contribution in [2.75, 3.05) is 6.61 Å². The molecule has 0 saturated carbocycles. The van der Waals surface area contributed by atoms with Crippen LogP contribution < -0.4 is 5.73 Å². The molecule has 1 heterocycles. The zero-order valence-electron chi connectivity index (χ0n) is 18.9. The highest BCUT2D eigenvalue weighted by Gasteiger charge is 2.48. The molecule has 1 saturated heterocycles. The van der Waals surface area contributed by atoms with Gasteiger partial charge in [-0.2, -0.15) is 0 Å². The molecule has 10 heteroatoms. The lowest BCUT2D eigenvalue weighted by molar-refractivity contribution is -0.238. The predicted octanol–water partition coefficient (Wildman–Crippen LogP) is 0.632. The predicted molar refractivity (Wildman–Crippen MR) is 119 cm³/mol. The lowest BCUT2D eigenvalue weighted by Crippen LogP contribution is -2.53. The van der Waals surface area contributed by atoms with E-state index in [1.165, 1.54) is 19.1 Å². The van der Waals surface area contributed by atoms with Gasteiger partial charge in [-0.3, -0.25) is 14.4 Å². The van der Waals surface area contributed by atoms with Crippen LogP contribution in [0.1, 0.15) is 68.8 Å². The van der Waals surface area contributed by atoms with E-state index in [-0.39, 0.29) is 59.3 Å². The monoisotopic (exact) mass is 483 g/mol. The van der Waals surface area contributed by atoms with Crippen LogP contribution in [0.4, 0.5) is 0 Å². The number of rotatable bonds is 3. The summed E-state index contributed by atoms with van der Waals surface area (Å²) in [5.74, 6) is -2.74. The fourth-order valence-corrected chi connectivity index (χ4v) is 5.13. The van der Waals surface area contributed by atoms with Crippen molar-refractivity contribution in [2.45, 2.75) is 56.3 Å². The average molecular weight is 483 g/mol. The Hall–Kier alpha value is -3.15. The first-order valence-electron chi connectivity index (χ1n) is 11.3. The Bertz CT molecular complexity index is 1270. The molecule has 1 aliphatic heterocycles. The highest BCUT2D eigenvalue weighted by molar-refractivity contribution is 6.30. The summed E-state index contributed by atoms with van der Waals surface area (Å²) in [5, 5.41) is 42.3. The second kappa shape index (κ2) is 8.21. The Kier molecular flexibility index (Phi) is 5.53. The molecule has 2 aliphatic carbocycles. The number of benzene rings is 2. The van der Waals surface area contributed by atoms with Gasteiger partial charge >= 0.3 is 0 Å². The molecule has 2 aromatic rings. The summed E-state index contributed by atoms with van der Waals surface area (Å²) >= 11 is 0. The van der Waals surface area contributed by atoms with Gasteiger partial charge in [0, 0.05) is 41.5 Å². The molecule has 2 aromatic carbocycles. The maximum atomic E-state index is 13.3. The molecule has 1 fully saturated rings. The van der Waals surface area contributed by atoms with Gasteiger partial charge in [0.1, 0.15) is 23.4 Å². The number of phenolic OH excluding ortho intramolecular Hbond substituents is 2. The zero-order valence-corrected chi connectivity index (χ0v) is 18.9. The van der Waals surface area contributed by atoms with Crippen molar-refractivity contribution in [3.05, 3.63) is 57.6 Å². The van der Waals surface area contributed by atoms with E-state index in [0.717, 1.165) is 0 Å². The lowest BCUT2D eigenvalue weighted by atomic mass is 9.71. The van der Waals surface area contributed by atoms with E-state index in [9.17, 15) is 34.8 Å². The number of carbonyl (C=O) groups excluding carboxylic acids is 3. The lowest BCUT2D eigenvalue weighted by Gasteiger charge is -2.41. The zero-order chi connectivity index (χ0) is 25.2. The summed E-state index contributed by atoms with van der Waals surface area (Å²) in [6.45, 7) is 1.09. The number of phenols is 2. The van der Waals surface area contributed by atoms with Crippen LogP contribution >= 0.6 is 0 Å². The topological polar surface area (TPSA) is 177 Å². The SMILES string of the molecule is CC(=O)C1(N)Cc2c(O)c3c(c(O)c2C(OC2CC(O)C(O)CO2)C1)C(=O)c1ccccc1C3=O. The van der Waals surface area contributed by atoms with E-state index >= 15 is 0 Å². The summed E-state index contributed by atoms with van der Waals surface area (Å²) in [6.07, 6.45) is -4.74. The quantitative estimate of drug-likeness (QED) is 0.332. The number of hydrogen-bond donors (Lipinski definition) is 5. The van der Waals surface area contributed by atoms with Gasteiger partial charge < -0.3 is 35.6 Å². The van der Waals surface area contributed by atoms with Gasteiger partial charge in [0.15, 0.2) is 17.9 Å². The third-order valence-electron chi connectivity index (χ3n) is 7.17. The van der Waals surface area contributed by atoms with Crippen molar-refractivity contribution in [2.24, 2.45) is 5.73 Å². The van der Waals surface area contributed by atoms with Crippen molar-refractivity contribution in [3.63, 3.8) is 0 Å². The fraction of sp³-hybridized carbons (Fsp3) is 0.400. The summed E-state index contributed by atoms with van der Waals surface area (Å²) in [6, 6.07) is 6.10. The molecule has 6 N–H and O–H groups in total. The Morgan fingerprint density at radius 1 is 1.06 bits per heavy atom. The van der Waals surface area contributed by atoms with Crippen LogP contribution in [0.3, 0.4) is 0 Å². The van der Waals surface area contributed by atoms with Gasteiger partial charge in [0.05, 0.1) is 35.5 Å². The van der Waals surface area contributed by atoms with Crippen molar-refractivity contribution >= 4 is 17.3 Å². The maximum Gasteiger partial charge on any atom is 0.198 e. The molecule has 5 atom stereocenters. The van der Waals surface area contributed by atoms with Gasteiger partial charge in [0.2, 0.25) is 0 Å². The van der Waals surface area contributed by atoms with Crippen LogP contribution in [0.2, 0.25) is 0 Å². The minimum Gasteiger partial charge on any atom is -0.507 e. The second-order valence-electron chi connectivity index (χ2n) is 9.39. The number of Topliss-reactive ketones (excluding diaryl/α,β-unsaturated/α-hetero) is 1. The smallest absolute Gasteiger partial charge is 0.198 e. The van der Waals surface area contributed by atoms with E-state index in [4.69, 9.17) is 15.2 Å². The van der Waals surface area contributed by atoms with Crippen LogP contribution in [-0.4, -0.2) is 68.4 Å². The molecular weight excluding hydrogens is 458 g/mol. The molecule has 10 nitrogen and oxygen atoms in total. The first kappa shape index (κ1) is 23.6. The highest BCUT2D eigenvalue weighted by Crippen LogP contribution is 2.51. The second-order valence-corrected chi connectivity index (χ2v) is 9.39. The molecule has 5 unspecified atom stereocenters. The van der Waals surface area contributed by atoms with Gasteiger partial charge in [0.25, 0.3) is 0 Å². The van der Waals surface area contributed by atoms with Gasteiger partial charge in [-0.25, -0.2) is 0 Å². The number of carbonyl (C=O) groups is 3. The standard InChI is InChI=1S/C25H25NO9/c1-10(27)25(26)7-13-18(16(8-25)35-17-6-14(28)15(29)9-34-17)24(33)20-19(23(13)32)21(30)11-4-2-3-5-12(11)22(20)31/h2-5,14-17,28-29,32-33H,6-9,26H2,1H3. The number of ether oxygens (including phenoxy) is 2. The molecule has 3 aliphatic rings. The van der Waals surface area contributed by atoms with E-state index in [1.54, 1.807) is 12.1 Å². The van der Waals surface area contributed by atoms with Crippen LogP contribution in [0.25, 0.3) is 0 Å². The Balaban J connectivity index is 1.67. The minimum absolute atomic E-state index is 0.0344. The molecule has 0 bridgehead atoms. The van der Waals surface area contributed by atoms with E-state index in [2.05, 4.69) is 0 Å². The van der Waals surface area contributed by atoms with Crippen molar-refractivity contribution < 1.29 is 44.3 Å². The molecule has 184 valence electrons. The van der Waals surface area contributed by atoms with Gasteiger partial charge in [-0.15, -0.1) is 0 Å². The number of nitrogens with two attached hydrogens (primary N) is 1. The molecule has 0 aromatic heterocycles. The van der Waals surface area contributed by atoms with Crippen molar-refractivity contribution in [3.8, 4) is 11.5 Å². The molecular formula is C25H25NO9. The van der Waals surface area contributed by atoms with Crippen LogP contribution in [0.5, 0.6) is 11.5 Å². The Morgan fingerprint density at radius 2 is 1.66 bits per heavy atom. The first-order chi connectivity index (χ1) is 16.5. The molecule has 35 heavy (non-hydrogen) atoms. The number of aromatic hydroxyl groups is 2. The number of aliphatic hydroxyl groups is 2. The third-order valence-corrected chi connectivity index (χ3v) is 7.17. The summed E-state index contributed by atoms with van der Waals surface area (Å²) < 4.78 is 11.4. The van der Waals surface area contributed by atoms with E-state index in [1.807, 2.05) is 0 Å². The van der Waals surface area contributed by atoms with E-state index in [0.29, 0.717) is 0 Å². The number of aliphatic hydroxyl groups excluding tert-OH is 2. The van der Waals surface area contributed by atoms with Crippen molar-refractivity contribution in [1.82, 2.24) is 0 Å². The summed E-state index contributed by atoms with van der Waals surface area (Å²) in [7, 11) is 0. The minimum atomic E-state index is -1.50. The Morgan fingerprint density at radius 3 is 2.23 bits per heavy atom. The molecule has 0 spiro atoms. The Labute approximate surface area is 199 Å². The number of ketones is 3. The van der Waals surface area contributed by atoms with Crippen LogP contribution in [0.15, 0.2) is 24.3 Å². The van der Waals surface area contributed by atoms with Crippen LogP contribution in [0, 0.1) is 0 Å². The molecule has 0 radical (unpaired) electrons. The molecule has 0 amide bonds. The normalized spacial score (nSPS) is 29.8. The van der Waals surface area contributed by atoms with Gasteiger partial charge in [-0.1, -0.05) is 24.3 Å². The maximum absolute atomic E-state index is 13.3. The summed E-state index contributed by atoms with van der Waals surface area (Å²) in [5.41, 5.74) is 4.47. The number of hydrogen-bond acceptors (Lipinski definition) is 10. The fourth-order valence-electron chi connectivity index (χ4n) is 5.13. The van der Waals surface area contributed by atoms with Crippen molar-refractivity contribution in [1.29, 1.82) is 0 Å². The highest BCUT2D eigenvalue weighted by atomic mass is 16.7.